The molecule has 1 aromatic rings. The fourth-order valence-electron chi connectivity index (χ4n) is 3.14. The molecule has 0 heterocycles. The number of aromatic hydroxyl groups is 1. The van der Waals surface area contributed by atoms with E-state index < -0.39 is 6.16 Å². The van der Waals surface area contributed by atoms with Gasteiger partial charge in [0.05, 0.1) is 0 Å². The molecule has 0 radical (unpaired) electrons. The molecule has 1 aliphatic carbocycles. The highest BCUT2D eigenvalue weighted by Crippen LogP contribution is 2.43. The summed E-state index contributed by atoms with van der Waals surface area (Å²) in [5.74, 6) is 0.394. The zero-order valence-corrected chi connectivity index (χ0v) is 11.9. The van der Waals surface area contributed by atoms with E-state index in [-0.39, 0.29) is 11.5 Å². The predicted octanol–water partition coefficient (Wildman–Crippen LogP) is 4.45. The van der Waals surface area contributed by atoms with Gasteiger partial charge in [-0.05, 0) is 36.8 Å². The Morgan fingerprint density at radius 1 is 1.30 bits per heavy atom. The van der Waals surface area contributed by atoms with Crippen molar-refractivity contribution in [3.8, 4) is 11.5 Å². The minimum absolute atomic E-state index is 0.0188. The van der Waals surface area contributed by atoms with E-state index in [0.29, 0.717) is 5.92 Å². The number of aryl methyl sites for hydroxylation is 1. The van der Waals surface area contributed by atoms with Crippen LogP contribution in [0.15, 0.2) is 12.1 Å². The van der Waals surface area contributed by atoms with Crippen molar-refractivity contribution in [2.24, 2.45) is 0 Å². The van der Waals surface area contributed by atoms with E-state index in [4.69, 9.17) is 5.11 Å². The zero-order chi connectivity index (χ0) is 14.5. The van der Waals surface area contributed by atoms with Gasteiger partial charge in [0.1, 0.15) is 0 Å². The number of carbonyl (C=O) groups is 1. The van der Waals surface area contributed by atoms with Crippen LogP contribution >= 0.6 is 0 Å². The molecule has 0 aliphatic heterocycles. The molecule has 2 N–H and O–H groups in total. The summed E-state index contributed by atoms with van der Waals surface area (Å²) in [4.78, 5) is 10.7. The van der Waals surface area contributed by atoms with Crippen molar-refractivity contribution in [1.29, 1.82) is 0 Å². The Bertz CT molecular complexity index is 476. The summed E-state index contributed by atoms with van der Waals surface area (Å²) >= 11 is 0. The number of hydrogen-bond donors (Lipinski definition) is 2. The van der Waals surface area contributed by atoms with Crippen LogP contribution in [0.3, 0.4) is 0 Å². The van der Waals surface area contributed by atoms with Gasteiger partial charge in [0.15, 0.2) is 11.5 Å². The fourth-order valence-corrected chi connectivity index (χ4v) is 3.14. The van der Waals surface area contributed by atoms with Crippen LogP contribution in [0.4, 0.5) is 4.79 Å². The third kappa shape index (κ3) is 3.24. The average molecular weight is 278 g/mol. The minimum Gasteiger partial charge on any atom is -0.504 e. The van der Waals surface area contributed by atoms with E-state index in [1.807, 2.05) is 6.07 Å². The van der Waals surface area contributed by atoms with Crippen molar-refractivity contribution >= 4 is 6.16 Å². The highest BCUT2D eigenvalue weighted by atomic mass is 16.7. The van der Waals surface area contributed by atoms with Gasteiger partial charge in [-0.3, -0.25) is 0 Å². The molecule has 110 valence electrons. The van der Waals surface area contributed by atoms with Gasteiger partial charge >= 0.3 is 6.16 Å². The van der Waals surface area contributed by atoms with Gasteiger partial charge < -0.3 is 14.9 Å². The van der Waals surface area contributed by atoms with E-state index in [0.717, 1.165) is 36.8 Å². The fraction of sp³-hybridized carbons (Fsp3) is 0.562. The molecular weight excluding hydrogens is 256 g/mol. The Kier molecular flexibility index (Phi) is 4.88. The topological polar surface area (TPSA) is 66.8 Å². The molecule has 1 saturated carbocycles. The summed E-state index contributed by atoms with van der Waals surface area (Å²) in [5, 5.41) is 19.1. The molecule has 1 aliphatic rings. The SMILES string of the molecule is CCCc1ccc(OC(=O)O)c(O)c1C1CCCCC1. The predicted molar refractivity (Wildman–Crippen MR) is 76.6 cm³/mol. The summed E-state index contributed by atoms with van der Waals surface area (Å²) in [5.41, 5.74) is 2.03. The summed E-state index contributed by atoms with van der Waals surface area (Å²) in [6.45, 7) is 2.10. The molecule has 4 heteroatoms. The zero-order valence-electron chi connectivity index (χ0n) is 11.9. The largest absolute Gasteiger partial charge is 0.511 e. The molecule has 0 aromatic heterocycles. The molecule has 0 spiro atoms. The minimum atomic E-state index is -1.39. The number of phenolic OH excluding ortho intramolecular Hbond substituents is 1. The van der Waals surface area contributed by atoms with Crippen molar-refractivity contribution in [1.82, 2.24) is 0 Å². The smallest absolute Gasteiger partial charge is 0.504 e. The van der Waals surface area contributed by atoms with Crippen LogP contribution in [0.1, 0.15) is 62.5 Å². The Labute approximate surface area is 119 Å². The number of hydrogen-bond acceptors (Lipinski definition) is 3. The van der Waals surface area contributed by atoms with Crippen LogP contribution in [-0.4, -0.2) is 16.4 Å². The van der Waals surface area contributed by atoms with Gasteiger partial charge in [-0.2, -0.15) is 0 Å². The van der Waals surface area contributed by atoms with E-state index in [9.17, 15) is 9.90 Å². The third-order valence-corrected chi connectivity index (χ3v) is 4.00. The van der Waals surface area contributed by atoms with Crippen LogP contribution in [-0.2, 0) is 6.42 Å². The molecule has 1 fully saturated rings. The maximum Gasteiger partial charge on any atom is 0.511 e. The van der Waals surface area contributed by atoms with Crippen LogP contribution in [0.25, 0.3) is 0 Å². The number of ether oxygens (including phenoxy) is 1. The van der Waals surface area contributed by atoms with Crippen molar-refractivity contribution in [3.05, 3.63) is 23.3 Å². The molecule has 4 nitrogen and oxygen atoms in total. The first-order valence-corrected chi connectivity index (χ1v) is 7.39. The molecule has 2 rings (SSSR count). The molecule has 0 unspecified atom stereocenters. The van der Waals surface area contributed by atoms with Gasteiger partial charge in [0.2, 0.25) is 0 Å². The lowest BCUT2D eigenvalue weighted by atomic mass is 9.80. The normalized spacial score (nSPS) is 16.1. The summed E-state index contributed by atoms with van der Waals surface area (Å²) in [6.07, 6.45) is 6.19. The second-order valence-electron chi connectivity index (χ2n) is 5.44. The number of phenols is 1. The number of carboxylic acid groups (broad SMARTS) is 1. The van der Waals surface area contributed by atoms with Crippen molar-refractivity contribution in [3.63, 3.8) is 0 Å². The van der Waals surface area contributed by atoms with Crippen LogP contribution in [0.2, 0.25) is 0 Å². The average Bonchev–Trinajstić information content (AvgIpc) is 2.43. The van der Waals surface area contributed by atoms with E-state index in [1.165, 1.54) is 19.3 Å². The van der Waals surface area contributed by atoms with E-state index in [1.54, 1.807) is 6.07 Å². The van der Waals surface area contributed by atoms with Gasteiger partial charge in [-0.15, -0.1) is 0 Å². The monoisotopic (exact) mass is 278 g/mol. The molecule has 0 bridgehead atoms. The van der Waals surface area contributed by atoms with E-state index in [2.05, 4.69) is 11.7 Å². The van der Waals surface area contributed by atoms with Crippen molar-refractivity contribution in [2.75, 3.05) is 0 Å². The molecule has 0 amide bonds. The quantitative estimate of drug-likeness (QED) is 0.630. The highest BCUT2D eigenvalue weighted by Gasteiger charge is 2.24. The molecule has 0 atom stereocenters. The van der Waals surface area contributed by atoms with Crippen molar-refractivity contribution in [2.45, 2.75) is 57.8 Å². The lowest BCUT2D eigenvalue weighted by Gasteiger charge is -2.26. The first-order valence-electron chi connectivity index (χ1n) is 7.39. The third-order valence-electron chi connectivity index (χ3n) is 4.00. The Hall–Kier alpha value is -1.71. The lowest BCUT2D eigenvalue weighted by Crippen LogP contribution is -2.10. The van der Waals surface area contributed by atoms with Crippen LogP contribution in [0, 0.1) is 0 Å². The van der Waals surface area contributed by atoms with Crippen LogP contribution < -0.4 is 4.74 Å². The summed E-state index contributed by atoms with van der Waals surface area (Å²) in [7, 11) is 0. The van der Waals surface area contributed by atoms with Crippen LogP contribution in [0.5, 0.6) is 11.5 Å². The Morgan fingerprint density at radius 3 is 2.60 bits per heavy atom. The van der Waals surface area contributed by atoms with Crippen molar-refractivity contribution < 1.29 is 19.7 Å². The molecule has 20 heavy (non-hydrogen) atoms. The summed E-state index contributed by atoms with van der Waals surface area (Å²) in [6, 6.07) is 3.45. The first kappa shape index (κ1) is 14.7. The maximum atomic E-state index is 10.7. The number of benzene rings is 1. The van der Waals surface area contributed by atoms with Gasteiger partial charge in [-0.25, -0.2) is 4.79 Å². The standard InChI is InChI=1S/C16H22O4/c1-2-6-11-9-10-13(20-16(18)19)15(17)14(11)12-7-4-3-5-8-12/h9-10,12,17H,2-8H2,1H3,(H,18,19). The second-order valence-corrected chi connectivity index (χ2v) is 5.44. The Balaban J connectivity index is 2.39. The van der Waals surface area contributed by atoms with Gasteiger partial charge in [-0.1, -0.05) is 38.7 Å². The molecule has 0 saturated heterocycles. The maximum absolute atomic E-state index is 10.7. The molecule has 1 aromatic carbocycles. The molecular formula is C16H22O4. The summed E-state index contributed by atoms with van der Waals surface area (Å²) < 4.78 is 4.68. The highest BCUT2D eigenvalue weighted by molar-refractivity contribution is 5.64. The lowest BCUT2D eigenvalue weighted by molar-refractivity contribution is 0.142. The number of rotatable bonds is 4. The second kappa shape index (κ2) is 6.64. The van der Waals surface area contributed by atoms with E-state index >= 15 is 0 Å². The Morgan fingerprint density at radius 2 is 2.00 bits per heavy atom. The van der Waals surface area contributed by atoms with Gasteiger partial charge in [0.25, 0.3) is 0 Å². The van der Waals surface area contributed by atoms with Gasteiger partial charge in [0, 0.05) is 5.56 Å². The first-order chi connectivity index (χ1) is 9.63.